The Morgan fingerprint density at radius 3 is 2.52 bits per heavy atom. The Hall–Kier alpha value is -3.87. The lowest BCUT2D eigenvalue weighted by atomic mass is 9.95. The van der Waals surface area contributed by atoms with Crippen molar-refractivity contribution in [2.75, 3.05) is 24.7 Å². The normalized spacial score (nSPS) is 15.6. The van der Waals surface area contributed by atoms with Crippen LogP contribution in [0.15, 0.2) is 54.6 Å². The molecule has 4 aromatic rings. The first-order valence-corrected chi connectivity index (χ1v) is 16.6. The first-order chi connectivity index (χ1) is 20.2. The molecule has 0 bridgehead atoms. The van der Waals surface area contributed by atoms with Gasteiger partial charge in [-0.2, -0.15) is 5.10 Å². The summed E-state index contributed by atoms with van der Waals surface area (Å²) in [4.78, 5) is 30.3. The molecule has 1 fully saturated rings. The number of nitrogens with one attached hydrogen (secondary N) is 2. The van der Waals surface area contributed by atoms with Gasteiger partial charge in [0.1, 0.15) is 0 Å². The Balaban J connectivity index is 1.28. The molecule has 2 aromatic heterocycles. The number of anilines is 1. The van der Waals surface area contributed by atoms with Crippen molar-refractivity contribution in [1.82, 2.24) is 24.4 Å². The maximum atomic E-state index is 12.9. The van der Waals surface area contributed by atoms with Crippen LogP contribution < -0.4 is 10.6 Å². The minimum absolute atomic E-state index is 0.0591. The zero-order valence-corrected chi connectivity index (χ0v) is 25.1. The number of amides is 2. The lowest BCUT2D eigenvalue weighted by Gasteiger charge is -2.29. The van der Waals surface area contributed by atoms with Gasteiger partial charge in [-0.3, -0.25) is 9.59 Å². The van der Waals surface area contributed by atoms with E-state index in [1.165, 1.54) is 28.8 Å². The number of aryl methyl sites for hydroxylation is 1. The third kappa shape index (κ3) is 5.74. The number of carbonyl (C=O) groups is 2. The molecule has 0 unspecified atom stereocenters. The molecule has 2 aromatic carbocycles. The van der Waals surface area contributed by atoms with E-state index in [1.54, 1.807) is 0 Å². The SMILES string of the molecule is CC(=O)Nc1nc2c(s1)-c1c(c(-c3ccccc3)nn1-c1cccc(CNC(=O)C3CCN(S(C)(=O)=O)CC3)c1)CC2. The number of fused-ring (bicyclic) bond motifs is 3. The molecule has 0 radical (unpaired) electrons. The summed E-state index contributed by atoms with van der Waals surface area (Å²) in [6.07, 6.45) is 3.77. The van der Waals surface area contributed by atoms with Gasteiger partial charge in [-0.05, 0) is 43.4 Å². The second-order valence-corrected chi connectivity index (χ2v) is 13.7. The van der Waals surface area contributed by atoms with E-state index < -0.39 is 10.0 Å². The van der Waals surface area contributed by atoms with E-state index in [9.17, 15) is 18.0 Å². The Morgan fingerprint density at radius 1 is 1.05 bits per heavy atom. The minimum Gasteiger partial charge on any atom is -0.352 e. The van der Waals surface area contributed by atoms with E-state index >= 15 is 0 Å². The van der Waals surface area contributed by atoms with Gasteiger partial charge in [0.15, 0.2) is 5.13 Å². The van der Waals surface area contributed by atoms with Crippen molar-refractivity contribution in [1.29, 1.82) is 0 Å². The summed E-state index contributed by atoms with van der Waals surface area (Å²) in [5, 5.41) is 11.6. The Kier molecular flexibility index (Phi) is 7.69. The van der Waals surface area contributed by atoms with Gasteiger partial charge in [0, 0.05) is 43.6 Å². The third-order valence-electron chi connectivity index (χ3n) is 7.75. The van der Waals surface area contributed by atoms with Gasteiger partial charge in [0.25, 0.3) is 0 Å². The average molecular weight is 605 g/mol. The van der Waals surface area contributed by atoms with Crippen LogP contribution >= 0.6 is 11.3 Å². The second kappa shape index (κ2) is 11.4. The van der Waals surface area contributed by atoms with E-state index in [-0.39, 0.29) is 17.7 Å². The fraction of sp³-hybridized carbons (Fsp3) is 0.333. The molecule has 6 rings (SSSR count). The summed E-state index contributed by atoms with van der Waals surface area (Å²) in [5.74, 6) is -0.424. The molecule has 1 aliphatic carbocycles. The molecule has 2 aliphatic rings. The van der Waals surface area contributed by atoms with Crippen LogP contribution in [0, 0.1) is 5.92 Å². The Labute approximate surface area is 248 Å². The highest BCUT2D eigenvalue weighted by Gasteiger charge is 2.31. The van der Waals surface area contributed by atoms with E-state index in [1.807, 2.05) is 47.1 Å². The molecule has 2 N–H and O–H groups in total. The van der Waals surface area contributed by atoms with Crippen LogP contribution in [0.5, 0.6) is 0 Å². The van der Waals surface area contributed by atoms with Gasteiger partial charge in [-0.1, -0.05) is 53.8 Å². The average Bonchev–Trinajstić information content (AvgIpc) is 3.57. The quantitative estimate of drug-likeness (QED) is 0.328. The number of piperidine rings is 1. The second-order valence-electron chi connectivity index (χ2n) is 10.8. The maximum absolute atomic E-state index is 12.9. The van der Waals surface area contributed by atoms with Gasteiger partial charge >= 0.3 is 0 Å². The topological polar surface area (TPSA) is 126 Å². The van der Waals surface area contributed by atoms with Gasteiger partial charge in [0.05, 0.1) is 33.9 Å². The van der Waals surface area contributed by atoms with Gasteiger partial charge in [-0.15, -0.1) is 0 Å². The molecule has 3 heterocycles. The van der Waals surface area contributed by atoms with Crippen molar-refractivity contribution in [2.24, 2.45) is 5.92 Å². The van der Waals surface area contributed by atoms with Gasteiger partial charge in [0.2, 0.25) is 21.8 Å². The van der Waals surface area contributed by atoms with Crippen LogP contribution in [0.3, 0.4) is 0 Å². The molecular weight excluding hydrogens is 573 g/mol. The summed E-state index contributed by atoms with van der Waals surface area (Å²) in [6.45, 7) is 2.56. The maximum Gasteiger partial charge on any atom is 0.223 e. The van der Waals surface area contributed by atoms with E-state index in [4.69, 9.17) is 10.1 Å². The van der Waals surface area contributed by atoms with Gasteiger partial charge in [-0.25, -0.2) is 22.4 Å². The minimum atomic E-state index is -3.24. The molecular formula is C30H32N6O4S2. The first-order valence-electron chi connectivity index (χ1n) is 13.9. The molecule has 2 amide bonds. The van der Waals surface area contributed by atoms with E-state index in [0.29, 0.717) is 37.6 Å². The fourth-order valence-electron chi connectivity index (χ4n) is 5.67. The Bertz CT molecular complexity index is 1760. The standard InChI is InChI=1S/C30H32N6O4S2/c1-19(37)32-30-33-25-12-11-24-26(21-8-4-3-5-9-21)34-36(27(24)28(25)41-30)23-10-6-7-20(17-23)18-31-29(38)22-13-15-35(16-14-22)42(2,39)40/h3-10,17,22H,11-16,18H2,1-2H3,(H,31,38)(H,32,33,37). The zero-order chi connectivity index (χ0) is 29.4. The molecule has 0 atom stereocenters. The molecule has 0 saturated carbocycles. The first kappa shape index (κ1) is 28.3. The number of sulfonamides is 1. The summed E-state index contributed by atoms with van der Waals surface area (Å²) < 4.78 is 27.0. The zero-order valence-electron chi connectivity index (χ0n) is 23.5. The van der Waals surface area contributed by atoms with Crippen LogP contribution in [0.4, 0.5) is 5.13 Å². The van der Waals surface area contributed by atoms with Crippen molar-refractivity contribution in [3.05, 3.63) is 71.4 Å². The smallest absolute Gasteiger partial charge is 0.223 e. The van der Waals surface area contributed by atoms with Crippen LogP contribution in [0.2, 0.25) is 0 Å². The van der Waals surface area contributed by atoms with Crippen LogP contribution in [0.1, 0.15) is 36.6 Å². The molecule has 0 spiro atoms. The number of carbonyl (C=O) groups excluding carboxylic acids is 2. The highest BCUT2D eigenvalue weighted by atomic mass is 32.2. The lowest BCUT2D eigenvalue weighted by Crippen LogP contribution is -2.42. The van der Waals surface area contributed by atoms with Crippen LogP contribution in [-0.2, 0) is 39.0 Å². The number of nitrogens with zero attached hydrogens (tertiary/aromatic N) is 4. The molecule has 10 nitrogen and oxygen atoms in total. The molecule has 1 saturated heterocycles. The number of thiazole rings is 1. The number of hydrogen-bond acceptors (Lipinski definition) is 7. The van der Waals surface area contributed by atoms with Crippen LogP contribution in [-0.4, -0.2) is 58.6 Å². The third-order valence-corrected chi connectivity index (χ3v) is 10.1. The summed E-state index contributed by atoms with van der Waals surface area (Å²) in [5.41, 5.74) is 6.82. The number of rotatable bonds is 7. The molecule has 12 heteroatoms. The predicted molar refractivity (Wildman–Crippen MR) is 163 cm³/mol. The number of aromatic nitrogens is 3. The van der Waals surface area contributed by atoms with Crippen molar-refractivity contribution in [3.8, 4) is 27.5 Å². The summed E-state index contributed by atoms with van der Waals surface area (Å²) in [6, 6.07) is 18.1. The highest BCUT2D eigenvalue weighted by Crippen LogP contribution is 2.44. The predicted octanol–water partition coefficient (Wildman–Crippen LogP) is 4.01. The molecule has 218 valence electrons. The monoisotopic (exact) mass is 604 g/mol. The van der Waals surface area contributed by atoms with Crippen LogP contribution in [0.25, 0.3) is 27.5 Å². The lowest BCUT2D eigenvalue weighted by molar-refractivity contribution is -0.126. The largest absolute Gasteiger partial charge is 0.352 e. The van der Waals surface area contributed by atoms with Crippen molar-refractivity contribution >= 4 is 38.3 Å². The highest BCUT2D eigenvalue weighted by molar-refractivity contribution is 7.88. The fourth-order valence-corrected chi connectivity index (χ4v) is 7.66. The number of benzene rings is 2. The number of hydrogen-bond donors (Lipinski definition) is 2. The van der Waals surface area contributed by atoms with E-state index in [0.717, 1.165) is 57.2 Å². The summed E-state index contributed by atoms with van der Waals surface area (Å²) >= 11 is 1.46. The Morgan fingerprint density at radius 2 is 1.81 bits per heavy atom. The van der Waals surface area contributed by atoms with Gasteiger partial charge < -0.3 is 10.6 Å². The molecule has 42 heavy (non-hydrogen) atoms. The van der Waals surface area contributed by atoms with E-state index in [2.05, 4.69) is 22.8 Å². The van der Waals surface area contributed by atoms with Crippen molar-refractivity contribution in [2.45, 2.75) is 39.2 Å². The van der Waals surface area contributed by atoms with Crippen molar-refractivity contribution in [3.63, 3.8) is 0 Å². The van der Waals surface area contributed by atoms with Crippen molar-refractivity contribution < 1.29 is 18.0 Å². The molecule has 1 aliphatic heterocycles. The summed E-state index contributed by atoms with van der Waals surface area (Å²) in [7, 11) is -3.24.